The molecule has 0 saturated carbocycles. The Bertz CT molecular complexity index is 489. The zero-order chi connectivity index (χ0) is 15.0. The molecule has 5 nitrogen and oxygen atoms in total. The van der Waals surface area contributed by atoms with Crippen LogP contribution >= 0.6 is 15.9 Å². The van der Waals surface area contributed by atoms with Gasteiger partial charge in [0.05, 0.1) is 13.2 Å². The molecule has 21 heavy (non-hydrogen) atoms. The van der Waals surface area contributed by atoms with Gasteiger partial charge in [0.2, 0.25) is 0 Å². The average molecular weight is 359 g/mol. The fourth-order valence-electron chi connectivity index (χ4n) is 2.67. The van der Waals surface area contributed by atoms with Gasteiger partial charge in [-0.05, 0) is 31.5 Å². The van der Waals surface area contributed by atoms with E-state index in [9.17, 15) is 5.11 Å². The van der Waals surface area contributed by atoms with Gasteiger partial charge in [-0.25, -0.2) is 0 Å². The zero-order valence-corrected chi connectivity index (χ0v) is 13.6. The topological polar surface area (TPSA) is 57.2 Å². The van der Waals surface area contributed by atoms with Crippen LogP contribution in [0.15, 0.2) is 28.7 Å². The molecule has 0 spiro atoms. The summed E-state index contributed by atoms with van der Waals surface area (Å²) in [5, 5.41) is 9.86. The van der Waals surface area contributed by atoms with Crippen molar-refractivity contribution in [1.82, 2.24) is 0 Å². The first-order valence-electron chi connectivity index (χ1n) is 6.96. The van der Waals surface area contributed by atoms with Crippen LogP contribution in [-0.4, -0.2) is 42.1 Å². The van der Waals surface area contributed by atoms with Gasteiger partial charge in [0.15, 0.2) is 12.1 Å². The van der Waals surface area contributed by atoms with E-state index >= 15 is 0 Å². The van der Waals surface area contributed by atoms with Gasteiger partial charge in [-0.1, -0.05) is 28.1 Å². The van der Waals surface area contributed by atoms with Crippen LogP contribution in [0.5, 0.6) is 0 Å². The highest BCUT2D eigenvalue weighted by atomic mass is 79.9. The summed E-state index contributed by atoms with van der Waals surface area (Å²) in [5.74, 6) is -0.690. The standard InChI is InChI=1S/C15H19BrO5/c1-15(2)20-12-11(19-14(17)13(12)21-15)8-18-7-9-3-5-10(16)6-4-9/h3-6,11-14,17H,7-8H2,1-2H3/t11-,12-,13-,14?/m1/s1. The van der Waals surface area contributed by atoms with Crippen molar-refractivity contribution in [3.05, 3.63) is 34.3 Å². The minimum Gasteiger partial charge on any atom is -0.374 e. The number of aliphatic hydroxyl groups excluding tert-OH is 1. The maximum atomic E-state index is 9.86. The molecule has 116 valence electrons. The van der Waals surface area contributed by atoms with Crippen molar-refractivity contribution in [1.29, 1.82) is 0 Å². The van der Waals surface area contributed by atoms with Crippen molar-refractivity contribution in [2.45, 2.75) is 50.8 Å². The molecule has 0 aromatic heterocycles. The Hall–Kier alpha value is -0.500. The molecule has 2 aliphatic rings. The van der Waals surface area contributed by atoms with Crippen LogP contribution in [0.2, 0.25) is 0 Å². The first-order chi connectivity index (χ1) is 9.94. The molecule has 1 aromatic rings. The maximum Gasteiger partial charge on any atom is 0.184 e. The summed E-state index contributed by atoms with van der Waals surface area (Å²) in [6, 6.07) is 7.94. The van der Waals surface area contributed by atoms with E-state index in [0.29, 0.717) is 13.2 Å². The number of aliphatic hydroxyl groups is 1. The third kappa shape index (κ3) is 3.47. The van der Waals surface area contributed by atoms with Gasteiger partial charge in [-0.15, -0.1) is 0 Å². The first kappa shape index (κ1) is 15.4. The number of rotatable bonds is 4. The smallest absolute Gasteiger partial charge is 0.184 e. The Morgan fingerprint density at radius 3 is 2.57 bits per heavy atom. The SMILES string of the molecule is CC1(C)O[C@@H]2[C@@H](COCc3ccc(Br)cc3)OC(O)[C@@H]2O1. The van der Waals surface area contributed by atoms with Crippen molar-refractivity contribution in [2.24, 2.45) is 0 Å². The van der Waals surface area contributed by atoms with Crippen LogP contribution in [0.3, 0.4) is 0 Å². The summed E-state index contributed by atoms with van der Waals surface area (Å²) >= 11 is 3.40. The molecule has 1 aromatic carbocycles. The molecule has 0 radical (unpaired) electrons. The average Bonchev–Trinajstić information content (AvgIpc) is 2.88. The van der Waals surface area contributed by atoms with Crippen molar-refractivity contribution in [3.63, 3.8) is 0 Å². The van der Waals surface area contributed by atoms with Gasteiger partial charge < -0.3 is 24.1 Å². The predicted molar refractivity (Wildman–Crippen MR) is 78.5 cm³/mol. The minimum absolute atomic E-state index is 0.292. The molecule has 1 N–H and O–H groups in total. The van der Waals surface area contributed by atoms with Gasteiger partial charge >= 0.3 is 0 Å². The second kappa shape index (κ2) is 5.95. The first-order valence-corrected chi connectivity index (χ1v) is 7.75. The molecule has 1 unspecified atom stereocenters. The molecular weight excluding hydrogens is 340 g/mol. The van der Waals surface area contributed by atoms with E-state index in [1.54, 1.807) is 0 Å². The van der Waals surface area contributed by atoms with Gasteiger partial charge in [-0.2, -0.15) is 0 Å². The van der Waals surface area contributed by atoms with E-state index in [1.807, 2.05) is 38.1 Å². The molecule has 2 saturated heterocycles. The maximum absolute atomic E-state index is 9.86. The van der Waals surface area contributed by atoms with Crippen LogP contribution in [0, 0.1) is 0 Å². The number of ether oxygens (including phenoxy) is 4. The third-order valence-electron chi connectivity index (χ3n) is 3.59. The summed E-state index contributed by atoms with van der Waals surface area (Å²) in [7, 11) is 0. The molecule has 4 atom stereocenters. The second-order valence-corrected chi connectivity index (χ2v) is 6.69. The summed E-state index contributed by atoms with van der Waals surface area (Å²) < 4.78 is 23.6. The van der Waals surface area contributed by atoms with E-state index in [0.717, 1.165) is 10.0 Å². The molecule has 6 heteroatoms. The Morgan fingerprint density at radius 1 is 1.19 bits per heavy atom. The number of halogens is 1. The highest BCUT2D eigenvalue weighted by Crippen LogP contribution is 2.37. The Morgan fingerprint density at radius 2 is 1.86 bits per heavy atom. The Kier molecular flexibility index (Phi) is 4.36. The number of fused-ring (bicyclic) bond motifs is 1. The van der Waals surface area contributed by atoms with E-state index in [2.05, 4.69) is 15.9 Å². The molecule has 2 fully saturated rings. The lowest BCUT2D eigenvalue weighted by molar-refractivity contribution is -0.225. The monoisotopic (exact) mass is 358 g/mol. The van der Waals surface area contributed by atoms with Gasteiger partial charge in [0.25, 0.3) is 0 Å². The molecular formula is C15H19BrO5. The molecule has 2 aliphatic heterocycles. The third-order valence-corrected chi connectivity index (χ3v) is 4.12. The quantitative estimate of drug-likeness (QED) is 0.893. The van der Waals surface area contributed by atoms with Crippen molar-refractivity contribution in [2.75, 3.05) is 6.61 Å². The fourth-order valence-corrected chi connectivity index (χ4v) is 2.93. The van der Waals surface area contributed by atoms with Crippen LogP contribution in [-0.2, 0) is 25.6 Å². The van der Waals surface area contributed by atoms with Crippen LogP contribution < -0.4 is 0 Å². The van der Waals surface area contributed by atoms with Crippen molar-refractivity contribution < 1.29 is 24.1 Å². The summed E-state index contributed by atoms with van der Waals surface area (Å²) in [5.41, 5.74) is 1.08. The van der Waals surface area contributed by atoms with Gasteiger partial charge in [0, 0.05) is 4.47 Å². The van der Waals surface area contributed by atoms with Gasteiger partial charge in [0.1, 0.15) is 18.3 Å². The number of benzene rings is 1. The molecule has 0 bridgehead atoms. The predicted octanol–water partition coefficient (Wildman–Crippen LogP) is 2.20. The minimum atomic E-state index is -0.960. The molecule has 3 rings (SSSR count). The fraction of sp³-hybridized carbons (Fsp3) is 0.600. The van der Waals surface area contributed by atoms with Crippen molar-refractivity contribution in [3.8, 4) is 0 Å². The normalized spacial score (nSPS) is 34.1. The number of hydrogen-bond acceptors (Lipinski definition) is 5. The number of hydrogen-bond donors (Lipinski definition) is 1. The van der Waals surface area contributed by atoms with E-state index in [4.69, 9.17) is 18.9 Å². The van der Waals surface area contributed by atoms with Crippen LogP contribution in [0.1, 0.15) is 19.4 Å². The molecule has 0 amide bonds. The lowest BCUT2D eigenvalue weighted by Crippen LogP contribution is -2.32. The van der Waals surface area contributed by atoms with Crippen LogP contribution in [0.25, 0.3) is 0 Å². The highest BCUT2D eigenvalue weighted by Gasteiger charge is 2.54. The Labute approximate surface area is 132 Å². The second-order valence-electron chi connectivity index (χ2n) is 5.77. The lowest BCUT2D eigenvalue weighted by atomic mass is 10.1. The summed E-state index contributed by atoms with van der Waals surface area (Å²) in [6.07, 6.45) is -2.01. The lowest BCUT2D eigenvalue weighted by Gasteiger charge is -2.22. The van der Waals surface area contributed by atoms with E-state index in [1.165, 1.54) is 0 Å². The summed E-state index contributed by atoms with van der Waals surface area (Å²) in [6.45, 7) is 4.51. The van der Waals surface area contributed by atoms with Crippen LogP contribution in [0.4, 0.5) is 0 Å². The largest absolute Gasteiger partial charge is 0.374 e. The van der Waals surface area contributed by atoms with E-state index in [-0.39, 0.29) is 12.2 Å². The zero-order valence-electron chi connectivity index (χ0n) is 12.0. The van der Waals surface area contributed by atoms with E-state index < -0.39 is 18.2 Å². The van der Waals surface area contributed by atoms with Gasteiger partial charge in [-0.3, -0.25) is 0 Å². The molecule has 0 aliphatic carbocycles. The Balaban J connectivity index is 1.53. The summed E-state index contributed by atoms with van der Waals surface area (Å²) in [4.78, 5) is 0. The molecule has 2 heterocycles. The van der Waals surface area contributed by atoms with Crippen molar-refractivity contribution >= 4 is 15.9 Å². The highest BCUT2D eigenvalue weighted by molar-refractivity contribution is 9.10.